The Bertz CT molecular complexity index is 801. The van der Waals surface area contributed by atoms with E-state index in [-0.39, 0.29) is 0 Å². The molecule has 3 heteroatoms. The van der Waals surface area contributed by atoms with Crippen molar-refractivity contribution in [2.24, 2.45) is 7.05 Å². The fraction of sp³-hybridized carbons (Fsp3) is 0.118. The lowest BCUT2D eigenvalue weighted by Crippen LogP contribution is -1.99. The fourth-order valence-corrected chi connectivity index (χ4v) is 2.65. The molecule has 1 N–H and O–H groups in total. The number of hydrogen-bond acceptors (Lipinski definition) is 1. The molecule has 0 atom stereocenters. The zero-order valence-electron chi connectivity index (χ0n) is 11.4. The van der Waals surface area contributed by atoms with Crippen LogP contribution in [0.1, 0.15) is 16.1 Å². The second-order valence-corrected chi connectivity index (χ2v) is 4.92. The molecule has 0 bridgehead atoms. The van der Waals surface area contributed by atoms with Crippen LogP contribution >= 0.6 is 0 Å². The van der Waals surface area contributed by atoms with Gasteiger partial charge >= 0.3 is 5.97 Å². The van der Waals surface area contributed by atoms with Gasteiger partial charge in [0.05, 0.1) is 5.56 Å². The van der Waals surface area contributed by atoms with E-state index in [2.05, 4.69) is 0 Å². The highest BCUT2D eigenvalue weighted by molar-refractivity contribution is 6.06. The molecule has 0 amide bonds. The Balaban J connectivity index is 2.31. The van der Waals surface area contributed by atoms with Crippen molar-refractivity contribution < 1.29 is 9.90 Å². The lowest BCUT2D eigenvalue weighted by Gasteiger charge is -2.03. The summed E-state index contributed by atoms with van der Waals surface area (Å²) in [5.41, 5.74) is 4.23. The van der Waals surface area contributed by atoms with E-state index in [9.17, 15) is 9.90 Å². The molecule has 0 saturated heterocycles. The molecule has 0 aliphatic rings. The predicted octanol–water partition coefficient (Wildman–Crippen LogP) is 3.85. The summed E-state index contributed by atoms with van der Waals surface area (Å²) in [6, 6.07) is 16.0. The van der Waals surface area contributed by atoms with E-state index in [1.54, 1.807) is 0 Å². The van der Waals surface area contributed by atoms with Gasteiger partial charge < -0.3 is 9.67 Å². The molecule has 1 heterocycles. The average molecular weight is 265 g/mol. The number of aromatic nitrogens is 1. The van der Waals surface area contributed by atoms with Gasteiger partial charge in [0.15, 0.2) is 0 Å². The van der Waals surface area contributed by atoms with Gasteiger partial charge in [-0.05, 0) is 30.2 Å². The first-order chi connectivity index (χ1) is 9.59. The van der Waals surface area contributed by atoms with Gasteiger partial charge in [-0.2, -0.15) is 0 Å². The van der Waals surface area contributed by atoms with Crippen molar-refractivity contribution in [1.82, 2.24) is 4.57 Å². The van der Waals surface area contributed by atoms with Crippen LogP contribution in [-0.2, 0) is 7.05 Å². The first-order valence-corrected chi connectivity index (χ1v) is 6.47. The summed E-state index contributed by atoms with van der Waals surface area (Å²) in [7, 11) is 1.90. The number of carbonyl (C=O) groups is 1. The van der Waals surface area contributed by atoms with Gasteiger partial charge in [-0.3, -0.25) is 0 Å². The number of nitrogens with zero attached hydrogens (tertiary/aromatic N) is 1. The number of fused-ring (bicyclic) bond motifs is 1. The van der Waals surface area contributed by atoms with E-state index in [4.69, 9.17) is 0 Å². The molecule has 1 aromatic heterocycles. The van der Waals surface area contributed by atoms with Crippen LogP contribution in [0.4, 0.5) is 0 Å². The minimum absolute atomic E-state index is 0.389. The smallest absolute Gasteiger partial charge is 0.338 e. The first-order valence-electron chi connectivity index (χ1n) is 6.47. The van der Waals surface area contributed by atoms with Crippen molar-refractivity contribution >= 4 is 16.9 Å². The maximum absolute atomic E-state index is 11.5. The molecule has 3 rings (SSSR count). The number of aromatic carboxylic acids is 1. The summed E-state index contributed by atoms with van der Waals surface area (Å²) >= 11 is 0. The van der Waals surface area contributed by atoms with Gasteiger partial charge in [0.2, 0.25) is 0 Å². The molecule has 2 aromatic carbocycles. The molecular weight excluding hydrogens is 250 g/mol. The van der Waals surface area contributed by atoms with Crippen LogP contribution in [0.15, 0.2) is 48.5 Å². The highest BCUT2D eigenvalue weighted by atomic mass is 16.4. The Morgan fingerprint density at radius 3 is 2.40 bits per heavy atom. The molecule has 100 valence electrons. The summed E-state index contributed by atoms with van der Waals surface area (Å²) in [5.74, 6) is -0.877. The lowest BCUT2D eigenvalue weighted by molar-refractivity contribution is 0.0698. The Morgan fingerprint density at radius 1 is 1.05 bits per heavy atom. The van der Waals surface area contributed by atoms with Crippen LogP contribution in [0.5, 0.6) is 0 Å². The maximum atomic E-state index is 11.5. The molecule has 0 fully saturated rings. The van der Waals surface area contributed by atoms with Crippen LogP contribution in [0, 0.1) is 6.92 Å². The quantitative estimate of drug-likeness (QED) is 0.764. The van der Waals surface area contributed by atoms with Gasteiger partial charge in [-0.15, -0.1) is 0 Å². The SMILES string of the molecule is Cc1c(C(=O)O)c2cc(-c3ccccc3)ccc2n1C. The Morgan fingerprint density at radius 2 is 1.75 bits per heavy atom. The summed E-state index contributed by atoms with van der Waals surface area (Å²) < 4.78 is 1.92. The van der Waals surface area contributed by atoms with Gasteiger partial charge in [-0.1, -0.05) is 36.4 Å². The molecule has 0 spiro atoms. The summed E-state index contributed by atoms with van der Waals surface area (Å²) in [5, 5.41) is 10.2. The van der Waals surface area contributed by atoms with Gasteiger partial charge in [0.1, 0.15) is 0 Å². The van der Waals surface area contributed by atoms with E-state index < -0.39 is 5.97 Å². The summed E-state index contributed by atoms with van der Waals surface area (Å²) in [6.07, 6.45) is 0. The molecule has 0 unspecified atom stereocenters. The minimum atomic E-state index is -0.877. The number of aryl methyl sites for hydroxylation is 1. The number of carboxylic acids is 1. The van der Waals surface area contributed by atoms with Crippen LogP contribution in [0.3, 0.4) is 0 Å². The van der Waals surface area contributed by atoms with Crippen LogP contribution < -0.4 is 0 Å². The molecule has 3 aromatic rings. The number of rotatable bonds is 2. The Kier molecular flexibility index (Phi) is 2.83. The van der Waals surface area contributed by atoms with Crippen LogP contribution in [0.2, 0.25) is 0 Å². The molecule has 0 aliphatic carbocycles. The Labute approximate surface area is 117 Å². The number of hydrogen-bond donors (Lipinski definition) is 1. The highest BCUT2D eigenvalue weighted by Gasteiger charge is 2.18. The van der Waals surface area contributed by atoms with Crippen molar-refractivity contribution in [3.8, 4) is 11.1 Å². The van der Waals surface area contributed by atoms with E-state index >= 15 is 0 Å². The topological polar surface area (TPSA) is 42.2 Å². The zero-order valence-corrected chi connectivity index (χ0v) is 11.4. The third-order valence-corrected chi connectivity index (χ3v) is 3.81. The molecule has 0 aliphatic heterocycles. The standard InChI is InChI=1S/C17H15NO2/c1-11-16(17(19)20)14-10-13(8-9-15(14)18(11)2)12-6-4-3-5-7-12/h3-10H,1-2H3,(H,19,20). The molecular formula is C17H15NO2. The average Bonchev–Trinajstić information content (AvgIpc) is 2.71. The molecule has 20 heavy (non-hydrogen) atoms. The van der Waals surface area contributed by atoms with Crippen molar-refractivity contribution in [3.05, 3.63) is 59.8 Å². The molecule has 0 saturated carbocycles. The normalized spacial score (nSPS) is 10.9. The second kappa shape index (κ2) is 4.53. The van der Waals surface area contributed by atoms with Crippen molar-refractivity contribution in [1.29, 1.82) is 0 Å². The van der Waals surface area contributed by atoms with E-state index in [0.717, 1.165) is 27.7 Å². The predicted molar refractivity (Wildman–Crippen MR) is 80.1 cm³/mol. The maximum Gasteiger partial charge on any atom is 0.338 e. The summed E-state index contributed by atoms with van der Waals surface area (Å²) in [4.78, 5) is 11.5. The van der Waals surface area contributed by atoms with E-state index in [1.807, 2.05) is 67.1 Å². The highest BCUT2D eigenvalue weighted by Crippen LogP contribution is 2.29. The van der Waals surface area contributed by atoms with Crippen molar-refractivity contribution in [2.45, 2.75) is 6.92 Å². The third kappa shape index (κ3) is 1.79. The van der Waals surface area contributed by atoms with Gasteiger partial charge in [0.25, 0.3) is 0 Å². The molecule has 3 nitrogen and oxygen atoms in total. The molecule has 0 radical (unpaired) electrons. The van der Waals surface area contributed by atoms with Crippen LogP contribution in [-0.4, -0.2) is 15.6 Å². The van der Waals surface area contributed by atoms with Gasteiger partial charge in [0, 0.05) is 23.6 Å². The zero-order chi connectivity index (χ0) is 14.3. The fourth-order valence-electron chi connectivity index (χ4n) is 2.65. The number of carboxylic acid groups (broad SMARTS) is 1. The summed E-state index contributed by atoms with van der Waals surface area (Å²) in [6.45, 7) is 1.84. The minimum Gasteiger partial charge on any atom is -0.478 e. The van der Waals surface area contributed by atoms with Gasteiger partial charge in [-0.25, -0.2) is 4.79 Å². The largest absolute Gasteiger partial charge is 0.478 e. The van der Waals surface area contributed by atoms with Crippen LogP contribution in [0.25, 0.3) is 22.0 Å². The monoisotopic (exact) mass is 265 g/mol. The van der Waals surface area contributed by atoms with E-state index in [1.165, 1.54) is 0 Å². The number of benzene rings is 2. The van der Waals surface area contributed by atoms with E-state index in [0.29, 0.717) is 5.56 Å². The first kappa shape index (κ1) is 12.5. The van der Waals surface area contributed by atoms with Crippen molar-refractivity contribution in [3.63, 3.8) is 0 Å². The Hall–Kier alpha value is -2.55. The van der Waals surface area contributed by atoms with Crippen molar-refractivity contribution in [2.75, 3.05) is 0 Å². The lowest BCUT2D eigenvalue weighted by atomic mass is 10.0. The third-order valence-electron chi connectivity index (χ3n) is 3.81. The second-order valence-electron chi connectivity index (χ2n) is 4.92.